The zero-order valence-electron chi connectivity index (χ0n) is 12.1. The van der Waals surface area contributed by atoms with Gasteiger partial charge in [0.25, 0.3) is 5.91 Å². The molecule has 2 saturated heterocycles. The topological polar surface area (TPSA) is 84.7 Å². The van der Waals surface area contributed by atoms with Gasteiger partial charge in [-0.2, -0.15) is 0 Å². The maximum absolute atomic E-state index is 12.3. The second-order valence-electron chi connectivity index (χ2n) is 5.58. The Morgan fingerprint density at radius 3 is 2.50 bits per heavy atom. The van der Waals surface area contributed by atoms with Gasteiger partial charge < -0.3 is 20.7 Å². The average Bonchev–Trinajstić information content (AvgIpc) is 2.96. The Labute approximate surface area is 120 Å². The molecule has 0 aromatic carbocycles. The molecule has 2 atom stereocenters. The first-order chi connectivity index (χ1) is 9.63. The number of hydrogen-bond donors (Lipinski definition) is 2. The normalized spacial score (nSPS) is 27.6. The van der Waals surface area contributed by atoms with Crippen molar-refractivity contribution in [2.24, 2.45) is 5.73 Å². The molecule has 0 spiro atoms. The molecule has 0 aromatic heterocycles. The minimum absolute atomic E-state index is 0.0327. The number of rotatable bonds is 4. The van der Waals surface area contributed by atoms with Gasteiger partial charge in [0, 0.05) is 32.1 Å². The van der Waals surface area contributed by atoms with Crippen LogP contribution in [0.15, 0.2) is 0 Å². The van der Waals surface area contributed by atoms with E-state index in [1.165, 1.54) is 0 Å². The number of carbonyl (C=O) groups excluding carboxylic acids is 2. The number of amides is 2. The summed E-state index contributed by atoms with van der Waals surface area (Å²) in [6, 6.07) is 0.202. The van der Waals surface area contributed by atoms with E-state index in [-0.39, 0.29) is 30.1 Å². The highest BCUT2D eigenvalue weighted by Crippen LogP contribution is 2.22. The van der Waals surface area contributed by atoms with E-state index in [0.29, 0.717) is 26.1 Å². The highest BCUT2D eigenvalue weighted by atomic mass is 16.5. The van der Waals surface area contributed by atoms with Crippen molar-refractivity contribution in [2.75, 3.05) is 19.6 Å². The van der Waals surface area contributed by atoms with Gasteiger partial charge in [-0.3, -0.25) is 9.59 Å². The van der Waals surface area contributed by atoms with Crippen LogP contribution in [0.2, 0.25) is 0 Å². The van der Waals surface area contributed by atoms with Crippen molar-refractivity contribution >= 4 is 11.8 Å². The van der Waals surface area contributed by atoms with Crippen molar-refractivity contribution in [1.82, 2.24) is 10.2 Å². The van der Waals surface area contributed by atoms with Gasteiger partial charge >= 0.3 is 0 Å². The van der Waals surface area contributed by atoms with Crippen molar-refractivity contribution < 1.29 is 14.3 Å². The summed E-state index contributed by atoms with van der Waals surface area (Å²) in [7, 11) is 0. The maximum atomic E-state index is 12.3. The smallest absolute Gasteiger partial charge is 0.251 e. The molecule has 2 aliphatic rings. The van der Waals surface area contributed by atoms with E-state index < -0.39 is 0 Å². The summed E-state index contributed by atoms with van der Waals surface area (Å²) in [5.74, 6) is 0.168. The predicted molar refractivity (Wildman–Crippen MR) is 75.0 cm³/mol. The summed E-state index contributed by atoms with van der Waals surface area (Å²) in [5, 5.41) is 2.99. The molecule has 2 rings (SSSR count). The summed E-state index contributed by atoms with van der Waals surface area (Å²) in [6.45, 7) is 3.72. The first-order valence-corrected chi connectivity index (χ1v) is 7.57. The van der Waals surface area contributed by atoms with Crippen LogP contribution in [0.4, 0.5) is 0 Å². The number of hydrogen-bond acceptors (Lipinski definition) is 4. The van der Waals surface area contributed by atoms with Crippen LogP contribution in [0.5, 0.6) is 0 Å². The lowest BCUT2D eigenvalue weighted by molar-refractivity contribution is -0.143. The quantitative estimate of drug-likeness (QED) is 0.761. The molecular weight excluding hydrogens is 258 g/mol. The van der Waals surface area contributed by atoms with Crippen molar-refractivity contribution in [3.63, 3.8) is 0 Å². The third-order valence-corrected chi connectivity index (χ3v) is 4.14. The van der Waals surface area contributed by atoms with E-state index in [9.17, 15) is 9.59 Å². The lowest BCUT2D eigenvalue weighted by Crippen LogP contribution is -2.49. The molecule has 2 fully saturated rings. The number of carbonyl (C=O) groups is 2. The number of ether oxygens (including phenoxy) is 1. The fourth-order valence-corrected chi connectivity index (χ4v) is 2.84. The van der Waals surface area contributed by atoms with Gasteiger partial charge in [0.15, 0.2) is 0 Å². The number of nitrogens with one attached hydrogen (secondary N) is 1. The SMILES string of the molecule is CCC(=O)NC1CCN(C(=O)C2CCC(CN)O2)CC1. The Bertz CT molecular complexity index is 354. The van der Waals surface area contributed by atoms with Gasteiger partial charge in [-0.25, -0.2) is 0 Å². The van der Waals surface area contributed by atoms with E-state index in [0.717, 1.165) is 25.7 Å². The van der Waals surface area contributed by atoms with E-state index in [1.54, 1.807) is 0 Å². The van der Waals surface area contributed by atoms with Crippen molar-refractivity contribution in [3.05, 3.63) is 0 Å². The lowest BCUT2D eigenvalue weighted by atomic mass is 10.0. The predicted octanol–water partition coefficient (Wildman–Crippen LogP) is 0.00990. The molecule has 0 bridgehead atoms. The molecule has 6 nitrogen and oxygen atoms in total. The molecule has 2 heterocycles. The second kappa shape index (κ2) is 7.04. The Hall–Kier alpha value is -1.14. The standard InChI is InChI=1S/C14H25N3O3/c1-2-13(18)16-10-5-7-17(8-6-10)14(19)12-4-3-11(9-15)20-12/h10-12H,2-9,15H2,1H3,(H,16,18). The maximum Gasteiger partial charge on any atom is 0.251 e. The fraction of sp³-hybridized carbons (Fsp3) is 0.857. The van der Waals surface area contributed by atoms with Crippen molar-refractivity contribution in [2.45, 2.75) is 57.3 Å². The Morgan fingerprint density at radius 1 is 1.25 bits per heavy atom. The highest BCUT2D eigenvalue weighted by Gasteiger charge is 2.34. The van der Waals surface area contributed by atoms with Gasteiger partial charge in [-0.05, 0) is 25.7 Å². The molecule has 6 heteroatoms. The van der Waals surface area contributed by atoms with Gasteiger partial charge in [0.05, 0.1) is 6.10 Å². The largest absolute Gasteiger partial charge is 0.364 e. The van der Waals surface area contributed by atoms with Crippen LogP contribution >= 0.6 is 0 Å². The zero-order chi connectivity index (χ0) is 14.5. The lowest BCUT2D eigenvalue weighted by Gasteiger charge is -2.33. The molecule has 3 N–H and O–H groups in total. The third-order valence-electron chi connectivity index (χ3n) is 4.14. The van der Waals surface area contributed by atoms with E-state index in [4.69, 9.17) is 10.5 Å². The Morgan fingerprint density at radius 2 is 1.95 bits per heavy atom. The number of nitrogens with two attached hydrogens (primary N) is 1. The minimum Gasteiger partial charge on any atom is -0.364 e. The summed E-state index contributed by atoms with van der Waals surface area (Å²) in [4.78, 5) is 25.5. The van der Waals surface area contributed by atoms with Gasteiger partial charge in [0.2, 0.25) is 5.91 Å². The number of nitrogens with zero attached hydrogens (tertiary/aromatic N) is 1. The Kier molecular flexibility index (Phi) is 5.37. The van der Waals surface area contributed by atoms with Crippen LogP contribution in [0.25, 0.3) is 0 Å². The molecule has 0 aliphatic carbocycles. The second-order valence-corrected chi connectivity index (χ2v) is 5.58. The summed E-state index contributed by atoms with van der Waals surface area (Å²) in [5.41, 5.74) is 5.56. The molecule has 2 aliphatic heterocycles. The summed E-state index contributed by atoms with van der Waals surface area (Å²) < 4.78 is 5.65. The third kappa shape index (κ3) is 3.70. The van der Waals surface area contributed by atoms with E-state index in [2.05, 4.69) is 5.32 Å². The molecule has 0 saturated carbocycles. The average molecular weight is 283 g/mol. The summed E-state index contributed by atoms with van der Waals surface area (Å²) >= 11 is 0. The van der Waals surface area contributed by atoms with E-state index >= 15 is 0 Å². The van der Waals surface area contributed by atoms with Crippen molar-refractivity contribution in [3.8, 4) is 0 Å². The molecule has 2 unspecified atom stereocenters. The number of piperidine rings is 1. The van der Waals surface area contributed by atoms with Crippen LogP contribution < -0.4 is 11.1 Å². The van der Waals surface area contributed by atoms with Crippen LogP contribution in [0.1, 0.15) is 39.0 Å². The monoisotopic (exact) mass is 283 g/mol. The number of likely N-dealkylation sites (tertiary alicyclic amines) is 1. The van der Waals surface area contributed by atoms with Gasteiger partial charge in [-0.15, -0.1) is 0 Å². The zero-order valence-corrected chi connectivity index (χ0v) is 12.1. The molecule has 2 amide bonds. The first-order valence-electron chi connectivity index (χ1n) is 7.57. The van der Waals surface area contributed by atoms with Crippen LogP contribution in [-0.4, -0.2) is 54.6 Å². The highest BCUT2D eigenvalue weighted by molar-refractivity contribution is 5.81. The molecule has 20 heavy (non-hydrogen) atoms. The van der Waals surface area contributed by atoms with Crippen molar-refractivity contribution in [1.29, 1.82) is 0 Å². The van der Waals surface area contributed by atoms with E-state index in [1.807, 2.05) is 11.8 Å². The van der Waals surface area contributed by atoms with Crippen LogP contribution in [-0.2, 0) is 14.3 Å². The summed E-state index contributed by atoms with van der Waals surface area (Å²) in [6.07, 6.45) is 3.52. The fourth-order valence-electron chi connectivity index (χ4n) is 2.84. The van der Waals surface area contributed by atoms with Crippen LogP contribution in [0, 0.1) is 0 Å². The molecular formula is C14H25N3O3. The van der Waals surface area contributed by atoms with Gasteiger partial charge in [0.1, 0.15) is 6.10 Å². The molecule has 0 aromatic rings. The Balaban J connectivity index is 1.76. The first kappa shape index (κ1) is 15.3. The molecule has 0 radical (unpaired) electrons. The minimum atomic E-state index is -0.315. The molecule has 114 valence electrons. The van der Waals surface area contributed by atoms with Gasteiger partial charge in [-0.1, -0.05) is 6.92 Å². The van der Waals surface area contributed by atoms with Crippen LogP contribution in [0.3, 0.4) is 0 Å².